The Labute approximate surface area is 184 Å². The molecule has 1 saturated heterocycles. The van der Waals surface area contributed by atoms with Crippen LogP contribution in [0.1, 0.15) is 37.8 Å². The molecule has 1 aliphatic rings. The summed E-state index contributed by atoms with van der Waals surface area (Å²) in [5.41, 5.74) is 1.38. The Morgan fingerprint density at radius 3 is 2.53 bits per heavy atom. The highest BCUT2D eigenvalue weighted by Gasteiger charge is 2.34. The third kappa shape index (κ3) is 6.30. The van der Waals surface area contributed by atoms with Crippen molar-refractivity contribution in [3.05, 3.63) is 70.7 Å². The predicted octanol–water partition coefficient (Wildman–Crippen LogP) is 4.02. The van der Waals surface area contributed by atoms with E-state index in [0.29, 0.717) is 36.4 Å². The van der Waals surface area contributed by atoms with E-state index in [2.05, 4.69) is 5.32 Å². The minimum Gasteiger partial charge on any atom is -0.351 e. The molecule has 0 spiro atoms. The van der Waals surface area contributed by atoms with Gasteiger partial charge < -0.3 is 5.32 Å². The second-order valence-electron chi connectivity index (χ2n) is 8.62. The first kappa shape index (κ1) is 22.8. The molecule has 0 radical (unpaired) electrons. The number of nitrogens with zero attached hydrogens (tertiary/aromatic N) is 1. The Kier molecular flexibility index (Phi) is 7.22. The number of rotatable bonds is 7. The number of carbonyl (C=O) groups excluding carboxylic acids is 1. The Hall–Kier alpha value is -1.89. The first-order chi connectivity index (χ1) is 14.1. The van der Waals surface area contributed by atoms with Crippen LogP contribution in [0.2, 0.25) is 5.02 Å². The molecular formula is C23H29ClN2O3S. The van der Waals surface area contributed by atoms with Crippen molar-refractivity contribution in [1.82, 2.24) is 9.62 Å². The van der Waals surface area contributed by atoms with E-state index in [4.69, 9.17) is 11.6 Å². The van der Waals surface area contributed by atoms with E-state index in [0.717, 1.165) is 5.56 Å². The number of hydrogen-bond acceptors (Lipinski definition) is 3. The Balaban J connectivity index is 1.62. The van der Waals surface area contributed by atoms with Gasteiger partial charge >= 0.3 is 0 Å². The summed E-state index contributed by atoms with van der Waals surface area (Å²) in [4.78, 5) is 12.9. The number of halogens is 1. The molecule has 1 amide bonds. The van der Waals surface area contributed by atoms with Crippen LogP contribution in [0.25, 0.3) is 0 Å². The number of piperidine rings is 1. The van der Waals surface area contributed by atoms with E-state index in [1.165, 1.54) is 4.31 Å². The van der Waals surface area contributed by atoms with Gasteiger partial charge in [-0.1, -0.05) is 54.1 Å². The number of sulfonamides is 1. The van der Waals surface area contributed by atoms with Crippen molar-refractivity contribution in [3.63, 3.8) is 0 Å². The van der Waals surface area contributed by atoms with Crippen LogP contribution in [-0.4, -0.2) is 37.3 Å². The standard InChI is InChI=1S/C23H29ClN2O3S/c1-23(2,15-18-8-4-3-5-9-18)25-22(27)20-11-7-13-26(16-20)30(28,29)17-19-10-6-12-21(24)14-19/h3-6,8-10,12,14,20H,7,11,13,15-17H2,1-2H3,(H,25,27)/t20-/m1/s1. The largest absolute Gasteiger partial charge is 0.351 e. The van der Waals surface area contributed by atoms with Gasteiger partial charge in [-0.15, -0.1) is 0 Å². The molecule has 1 N–H and O–H groups in total. The molecule has 3 rings (SSSR count). The molecule has 0 aromatic heterocycles. The number of amides is 1. The normalized spacial score (nSPS) is 18.2. The van der Waals surface area contributed by atoms with Gasteiger partial charge in [0.15, 0.2) is 0 Å². The maximum absolute atomic E-state index is 12.9. The van der Waals surface area contributed by atoms with Gasteiger partial charge in [0, 0.05) is 23.7 Å². The molecule has 0 bridgehead atoms. The summed E-state index contributed by atoms with van der Waals surface area (Å²) >= 11 is 5.98. The van der Waals surface area contributed by atoms with E-state index < -0.39 is 15.6 Å². The number of benzene rings is 2. The molecule has 162 valence electrons. The molecule has 5 nitrogen and oxygen atoms in total. The minimum absolute atomic E-state index is 0.0846. The van der Waals surface area contributed by atoms with Gasteiger partial charge in [-0.2, -0.15) is 0 Å². The van der Waals surface area contributed by atoms with Crippen molar-refractivity contribution in [1.29, 1.82) is 0 Å². The lowest BCUT2D eigenvalue weighted by molar-refractivity contribution is -0.127. The van der Waals surface area contributed by atoms with Crippen LogP contribution in [0.5, 0.6) is 0 Å². The van der Waals surface area contributed by atoms with Crippen LogP contribution in [0.4, 0.5) is 0 Å². The highest BCUT2D eigenvalue weighted by molar-refractivity contribution is 7.88. The first-order valence-electron chi connectivity index (χ1n) is 10.2. The zero-order valence-corrected chi connectivity index (χ0v) is 19.0. The summed E-state index contributed by atoms with van der Waals surface area (Å²) in [6.07, 6.45) is 2.07. The third-order valence-electron chi connectivity index (χ3n) is 5.34. The Morgan fingerprint density at radius 1 is 1.13 bits per heavy atom. The van der Waals surface area contributed by atoms with Crippen LogP contribution >= 0.6 is 11.6 Å². The monoisotopic (exact) mass is 448 g/mol. The van der Waals surface area contributed by atoms with Gasteiger partial charge in [0.25, 0.3) is 0 Å². The van der Waals surface area contributed by atoms with Gasteiger partial charge in [-0.25, -0.2) is 12.7 Å². The summed E-state index contributed by atoms with van der Waals surface area (Å²) in [6.45, 7) is 4.65. The molecule has 2 aromatic carbocycles. The number of nitrogens with one attached hydrogen (secondary N) is 1. The first-order valence-corrected chi connectivity index (χ1v) is 12.2. The molecule has 30 heavy (non-hydrogen) atoms. The highest BCUT2D eigenvalue weighted by atomic mass is 35.5. The molecule has 0 saturated carbocycles. The van der Waals surface area contributed by atoms with E-state index >= 15 is 0 Å². The molecule has 7 heteroatoms. The Morgan fingerprint density at radius 2 is 1.83 bits per heavy atom. The van der Waals surface area contributed by atoms with Gasteiger partial charge in [0.1, 0.15) is 0 Å². The maximum atomic E-state index is 12.9. The average molecular weight is 449 g/mol. The van der Waals surface area contributed by atoms with Crippen molar-refractivity contribution in [2.45, 2.75) is 44.4 Å². The van der Waals surface area contributed by atoms with Crippen molar-refractivity contribution < 1.29 is 13.2 Å². The lowest BCUT2D eigenvalue weighted by Gasteiger charge is -2.34. The molecule has 1 fully saturated rings. The predicted molar refractivity (Wildman–Crippen MR) is 121 cm³/mol. The van der Waals surface area contributed by atoms with E-state index in [1.807, 2.05) is 44.2 Å². The average Bonchev–Trinajstić information content (AvgIpc) is 2.68. The minimum atomic E-state index is -3.52. The van der Waals surface area contributed by atoms with Crippen LogP contribution < -0.4 is 5.32 Å². The van der Waals surface area contributed by atoms with Crippen molar-refractivity contribution >= 4 is 27.5 Å². The van der Waals surface area contributed by atoms with E-state index in [-0.39, 0.29) is 24.1 Å². The summed E-state index contributed by atoms with van der Waals surface area (Å²) in [6, 6.07) is 16.9. The van der Waals surface area contributed by atoms with E-state index in [1.54, 1.807) is 24.3 Å². The third-order valence-corrected chi connectivity index (χ3v) is 7.39. The molecule has 1 heterocycles. The zero-order valence-electron chi connectivity index (χ0n) is 17.5. The van der Waals surface area contributed by atoms with Gasteiger partial charge in [0.2, 0.25) is 15.9 Å². The van der Waals surface area contributed by atoms with Gasteiger partial charge in [-0.05, 0) is 56.4 Å². The van der Waals surface area contributed by atoms with Crippen molar-refractivity contribution in [2.75, 3.05) is 13.1 Å². The second kappa shape index (κ2) is 9.50. The highest BCUT2D eigenvalue weighted by Crippen LogP contribution is 2.24. The molecule has 0 unspecified atom stereocenters. The molecule has 0 aliphatic carbocycles. The lowest BCUT2D eigenvalue weighted by atomic mass is 9.92. The van der Waals surface area contributed by atoms with Gasteiger partial charge in [0.05, 0.1) is 11.7 Å². The molecular weight excluding hydrogens is 420 g/mol. The second-order valence-corrected chi connectivity index (χ2v) is 11.0. The Bertz CT molecular complexity index is 977. The number of hydrogen-bond donors (Lipinski definition) is 1. The van der Waals surface area contributed by atoms with Crippen molar-refractivity contribution in [2.24, 2.45) is 5.92 Å². The summed E-state index contributed by atoms with van der Waals surface area (Å²) in [5, 5.41) is 3.64. The topological polar surface area (TPSA) is 66.5 Å². The van der Waals surface area contributed by atoms with Gasteiger partial charge in [-0.3, -0.25) is 4.79 Å². The fourth-order valence-electron chi connectivity index (χ4n) is 3.92. The van der Waals surface area contributed by atoms with Crippen LogP contribution in [0.3, 0.4) is 0 Å². The fraction of sp³-hybridized carbons (Fsp3) is 0.435. The van der Waals surface area contributed by atoms with Crippen LogP contribution in [-0.2, 0) is 27.0 Å². The molecule has 2 aromatic rings. The SMILES string of the molecule is CC(C)(Cc1ccccc1)NC(=O)[C@@H]1CCCN(S(=O)(=O)Cc2cccc(Cl)c2)C1. The smallest absolute Gasteiger partial charge is 0.224 e. The lowest BCUT2D eigenvalue weighted by Crippen LogP contribution is -2.51. The number of carbonyl (C=O) groups is 1. The zero-order chi connectivity index (χ0) is 21.8. The van der Waals surface area contributed by atoms with Crippen LogP contribution in [0, 0.1) is 5.92 Å². The molecule has 1 atom stereocenters. The van der Waals surface area contributed by atoms with Crippen molar-refractivity contribution in [3.8, 4) is 0 Å². The summed E-state index contributed by atoms with van der Waals surface area (Å²) in [5.74, 6) is -0.539. The van der Waals surface area contributed by atoms with Crippen LogP contribution in [0.15, 0.2) is 54.6 Å². The van der Waals surface area contributed by atoms with E-state index in [9.17, 15) is 13.2 Å². The maximum Gasteiger partial charge on any atom is 0.224 e. The fourth-order valence-corrected chi connectivity index (χ4v) is 5.73. The summed E-state index contributed by atoms with van der Waals surface area (Å²) < 4.78 is 27.3. The summed E-state index contributed by atoms with van der Waals surface area (Å²) in [7, 11) is -3.52. The molecule has 1 aliphatic heterocycles. The quantitative estimate of drug-likeness (QED) is 0.695.